The van der Waals surface area contributed by atoms with Gasteiger partial charge in [-0.3, -0.25) is 4.98 Å². The molecule has 144 valence electrons. The van der Waals surface area contributed by atoms with Crippen molar-refractivity contribution in [2.24, 2.45) is 0 Å². The van der Waals surface area contributed by atoms with E-state index in [4.69, 9.17) is 4.74 Å². The molecule has 0 spiro atoms. The summed E-state index contributed by atoms with van der Waals surface area (Å²) in [5.41, 5.74) is 2.27. The largest absolute Gasteiger partial charge is 0.493 e. The van der Waals surface area contributed by atoms with Gasteiger partial charge in [0.25, 0.3) is 0 Å². The molecular weight excluding hydrogens is 342 g/mol. The van der Waals surface area contributed by atoms with Crippen molar-refractivity contribution in [3.8, 4) is 5.75 Å². The molecule has 2 aromatic rings. The Bertz CT molecular complexity index is 745. The zero-order valence-electron chi connectivity index (χ0n) is 15.9. The summed E-state index contributed by atoms with van der Waals surface area (Å²) in [5, 5.41) is 9.24. The minimum Gasteiger partial charge on any atom is -0.493 e. The smallest absolute Gasteiger partial charge is 0.407 e. The molecule has 1 N–H and O–H groups in total. The number of methoxy groups -OCH3 is 1. The second kappa shape index (κ2) is 8.75. The summed E-state index contributed by atoms with van der Waals surface area (Å²) in [7, 11) is 3.33. The van der Waals surface area contributed by atoms with Crippen molar-refractivity contribution in [1.29, 1.82) is 0 Å². The van der Waals surface area contributed by atoms with Crippen LogP contribution in [0.4, 0.5) is 10.5 Å². The van der Waals surface area contributed by atoms with Gasteiger partial charge >= 0.3 is 6.09 Å². The van der Waals surface area contributed by atoms with Crippen LogP contribution in [0.15, 0.2) is 48.8 Å². The number of pyridine rings is 1. The van der Waals surface area contributed by atoms with Crippen molar-refractivity contribution in [2.45, 2.75) is 44.3 Å². The second-order valence-electron chi connectivity index (χ2n) is 7.02. The molecule has 1 aromatic heterocycles. The van der Waals surface area contributed by atoms with E-state index in [1.807, 2.05) is 12.1 Å². The summed E-state index contributed by atoms with van der Waals surface area (Å²) in [5.74, 6) is 0.762. The van der Waals surface area contributed by atoms with Gasteiger partial charge in [0.05, 0.1) is 19.0 Å². The number of anilines is 1. The quantitative estimate of drug-likeness (QED) is 0.833. The predicted molar refractivity (Wildman–Crippen MR) is 105 cm³/mol. The molecule has 0 unspecified atom stereocenters. The molecule has 1 saturated carbocycles. The van der Waals surface area contributed by atoms with Crippen LogP contribution in [0, 0.1) is 0 Å². The average molecular weight is 369 g/mol. The molecule has 1 fully saturated rings. The highest BCUT2D eigenvalue weighted by molar-refractivity contribution is 5.65. The Kier molecular flexibility index (Phi) is 6.16. The fourth-order valence-electron chi connectivity index (χ4n) is 3.87. The zero-order valence-corrected chi connectivity index (χ0v) is 15.9. The lowest BCUT2D eigenvalue weighted by Gasteiger charge is -2.40. The van der Waals surface area contributed by atoms with E-state index < -0.39 is 6.09 Å². The minimum absolute atomic E-state index is 0.0941. The Morgan fingerprint density at radius 2 is 1.81 bits per heavy atom. The molecule has 0 aliphatic heterocycles. The molecule has 3 rings (SSSR count). The van der Waals surface area contributed by atoms with E-state index in [1.165, 1.54) is 10.5 Å². The van der Waals surface area contributed by atoms with E-state index in [-0.39, 0.29) is 6.04 Å². The highest BCUT2D eigenvalue weighted by Crippen LogP contribution is 2.35. The number of benzene rings is 1. The highest BCUT2D eigenvalue weighted by Gasteiger charge is 2.30. The van der Waals surface area contributed by atoms with Crippen molar-refractivity contribution >= 4 is 11.8 Å². The number of carboxylic acid groups (broad SMARTS) is 1. The Morgan fingerprint density at radius 1 is 1.15 bits per heavy atom. The number of nitrogens with zero attached hydrogens (tertiary/aromatic N) is 3. The predicted octanol–water partition coefficient (Wildman–Crippen LogP) is 4.02. The molecule has 1 aromatic carbocycles. The molecule has 1 heterocycles. The van der Waals surface area contributed by atoms with E-state index in [1.54, 1.807) is 26.6 Å². The summed E-state index contributed by atoms with van der Waals surface area (Å²) in [6.45, 7) is 0.783. The third-order valence-corrected chi connectivity index (χ3v) is 5.44. The first-order chi connectivity index (χ1) is 13.1. The van der Waals surface area contributed by atoms with E-state index >= 15 is 0 Å². The number of carbonyl (C=O) groups is 1. The van der Waals surface area contributed by atoms with Gasteiger partial charge in [0, 0.05) is 31.9 Å². The molecule has 27 heavy (non-hydrogen) atoms. The van der Waals surface area contributed by atoms with Crippen molar-refractivity contribution in [3.63, 3.8) is 0 Å². The molecule has 6 heteroatoms. The maximum Gasteiger partial charge on any atom is 0.407 e. The molecule has 0 bridgehead atoms. The van der Waals surface area contributed by atoms with Gasteiger partial charge in [0.2, 0.25) is 0 Å². The average Bonchev–Trinajstić information content (AvgIpc) is 2.72. The highest BCUT2D eigenvalue weighted by atomic mass is 16.5. The van der Waals surface area contributed by atoms with Gasteiger partial charge in [-0.05, 0) is 37.3 Å². The Hall–Kier alpha value is -2.76. The van der Waals surface area contributed by atoms with Crippen LogP contribution < -0.4 is 9.64 Å². The van der Waals surface area contributed by atoms with E-state index in [2.05, 4.69) is 34.1 Å². The van der Waals surface area contributed by atoms with Crippen LogP contribution in [-0.2, 0) is 6.54 Å². The first-order valence-electron chi connectivity index (χ1n) is 9.34. The Balaban J connectivity index is 1.81. The van der Waals surface area contributed by atoms with Gasteiger partial charge in [-0.1, -0.05) is 30.3 Å². The summed E-state index contributed by atoms with van der Waals surface area (Å²) in [4.78, 5) is 19.3. The van der Waals surface area contributed by atoms with Crippen molar-refractivity contribution in [2.75, 3.05) is 19.1 Å². The van der Waals surface area contributed by atoms with Crippen LogP contribution in [0.3, 0.4) is 0 Å². The van der Waals surface area contributed by atoms with E-state index in [0.29, 0.717) is 6.04 Å². The third kappa shape index (κ3) is 4.51. The lowest BCUT2D eigenvalue weighted by atomic mass is 9.89. The lowest BCUT2D eigenvalue weighted by Crippen LogP contribution is -2.44. The SMILES string of the molecule is COc1cnccc1N(Cc1ccccc1)C1CCC(N(C)C(=O)O)CC1. The van der Waals surface area contributed by atoms with Crippen LogP contribution in [0.5, 0.6) is 5.75 Å². The first-order valence-corrected chi connectivity index (χ1v) is 9.34. The number of amides is 1. The maximum absolute atomic E-state index is 11.3. The number of aromatic nitrogens is 1. The lowest BCUT2D eigenvalue weighted by molar-refractivity contribution is 0.123. The molecule has 1 amide bonds. The van der Waals surface area contributed by atoms with Gasteiger partial charge in [0.1, 0.15) is 0 Å². The Labute approximate surface area is 160 Å². The van der Waals surface area contributed by atoms with Crippen LogP contribution in [-0.4, -0.2) is 47.3 Å². The van der Waals surface area contributed by atoms with Gasteiger partial charge in [-0.2, -0.15) is 0 Å². The molecule has 6 nitrogen and oxygen atoms in total. The number of hydrogen-bond acceptors (Lipinski definition) is 4. The first kappa shape index (κ1) is 19.0. The summed E-state index contributed by atoms with van der Waals surface area (Å²) in [6.07, 6.45) is 6.31. The minimum atomic E-state index is -0.851. The summed E-state index contributed by atoms with van der Waals surface area (Å²) < 4.78 is 5.56. The second-order valence-corrected chi connectivity index (χ2v) is 7.02. The van der Waals surface area contributed by atoms with Gasteiger partial charge in [-0.15, -0.1) is 0 Å². The Morgan fingerprint density at radius 3 is 2.44 bits per heavy atom. The fourth-order valence-corrected chi connectivity index (χ4v) is 3.87. The molecule has 0 atom stereocenters. The van der Waals surface area contributed by atoms with Crippen molar-refractivity contribution < 1.29 is 14.6 Å². The van der Waals surface area contributed by atoms with E-state index in [0.717, 1.165) is 43.7 Å². The number of rotatable bonds is 6. The van der Waals surface area contributed by atoms with E-state index in [9.17, 15) is 9.90 Å². The van der Waals surface area contributed by atoms with Crippen LogP contribution in [0.1, 0.15) is 31.2 Å². The van der Waals surface area contributed by atoms with Gasteiger partial charge < -0.3 is 19.6 Å². The molecule has 1 aliphatic carbocycles. The number of hydrogen-bond donors (Lipinski definition) is 1. The number of ether oxygens (including phenoxy) is 1. The molecule has 0 radical (unpaired) electrons. The van der Waals surface area contributed by atoms with Gasteiger partial charge in [0.15, 0.2) is 5.75 Å². The fraction of sp³-hybridized carbons (Fsp3) is 0.429. The van der Waals surface area contributed by atoms with Crippen LogP contribution >= 0.6 is 0 Å². The van der Waals surface area contributed by atoms with Crippen LogP contribution in [0.25, 0.3) is 0 Å². The molecular formula is C21H27N3O3. The normalized spacial score (nSPS) is 19.3. The topological polar surface area (TPSA) is 65.9 Å². The summed E-state index contributed by atoms with van der Waals surface area (Å²) >= 11 is 0. The van der Waals surface area contributed by atoms with Gasteiger partial charge in [-0.25, -0.2) is 4.79 Å². The molecule has 1 aliphatic rings. The maximum atomic E-state index is 11.3. The van der Waals surface area contributed by atoms with Crippen molar-refractivity contribution in [3.05, 3.63) is 54.4 Å². The third-order valence-electron chi connectivity index (χ3n) is 5.44. The monoisotopic (exact) mass is 369 g/mol. The molecule has 0 saturated heterocycles. The van der Waals surface area contributed by atoms with Crippen LogP contribution in [0.2, 0.25) is 0 Å². The van der Waals surface area contributed by atoms with Crippen molar-refractivity contribution in [1.82, 2.24) is 9.88 Å². The zero-order chi connectivity index (χ0) is 19.2. The standard InChI is InChI=1S/C21H27N3O3/c1-23(21(25)26)17-8-10-18(11-9-17)24(15-16-6-4-3-5-7-16)19-12-13-22-14-20(19)27-2/h3-7,12-14,17-18H,8-11,15H2,1-2H3,(H,25,26). The summed E-state index contributed by atoms with van der Waals surface area (Å²) in [6, 6.07) is 12.8.